The quantitative estimate of drug-likeness (QED) is 0.910. The van der Waals surface area contributed by atoms with E-state index < -0.39 is 10.0 Å². The molecule has 0 atom stereocenters. The van der Waals surface area contributed by atoms with Crippen LogP contribution >= 0.6 is 0 Å². The van der Waals surface area contributed by atoms with Crippen molar-refractivity contribution in [3.8, 4) is 0 Å². The smallest absolute Gasteiger partial charge is 0.229 e. The molecule has 1 aliphatic rings. The molecular formula is C14H20N2O3S. The Hall–Kier alpha value is -1.40. The van der Waals surface area contributed by atoms with E-state index in [-0.39, 0.29) is 18.4 Å². The number of sulfonamides is 1. The number of nitrogens with one attached hydrogen (secondary N) is 1. The van der Waals surface area contributed by atoms with Gasteiger partial charge in [-0.2, -0.15) is 0 Å². The topological polar surface area (TPSA) is 66.5 Å². The summed E-state index contributed by atoms with van der Waals surface area (Å²) in [6, 6.07) is 5.74. The van der Waals surface area contributed by atoms with Crippen LogP contribution < -0.4 is 9.62 Å². The molecule has 1 aliphatic heterocycles. The molecule has 0 bridgehead atoms. The molecule has 0 saturated heterocycles. The van der Waals surface area contributed by atoms with Crippen LogP contribution in [0.5, 0.6) is 0 Å². The maximum absolute atomic E-state index is 12.1. The average molecular weight is 296 g/mol. The Kier molecular flexibility index (Phi) is 4.15. The normalized spacial score (nSPS) is 14.7. The van der Waals surface area contributed by atoms with Gasteiger partial charge in [0, 0.05) is 24.7 Å². The van der Waals surface area contributed by atoms with Crippen LogP contribution in [0.1, 0.15) is 25.0 Å². The Morgan fingerprint density at radius 1 is 1.40 bits per heavy atom. The van der Waals surface area contributed by atoms with Crippen LogP contribution in [0.4, 0.5) is 5.69 Å². The second kappa shape index (κ2) is 5.54. The van der Waals surface area contributed by atoms with E-state index in [9.17, 15) is 13.2 Å². The van der Waals surface area contributed by atoms with Gasteiger partial charge in [-0.25, -0.2) is 13.1 Å². The van der Waals surface area contributed by atoms with Gasteiger partial charge in [0.25, 0.3) is 0 Å². The lowest BCUT2D eigenvalue weighted by Crippen LogP contribution is -2.32. The highest BCUT2D eigenvalue weighted by Crippen LogP contribution is 2.30. The first-order valence-electron chi connectivity index (χ1n) is 6.66. The van der Waals surface area contributed by atoms with E-state index in [1.165, 1.54) is 0 Å². The number of carbonyl (C=O) groups is 1. The third-order valence-electron chi connectivity index (χ3n) is 3.34. The second-order valence-electron chi connectivity index (χ2n) is 5.45. The molecule has 1 aromatic rings. The van der Waals surface area contributed by atoms with Gasteiger partial charge in [0.05, 0.1) is 6.26 Å². The number of amides is 1. The van der Waals surface area contributed by atoms with Crippen LogP contribution in [0.3, 0.4) is 0 Å². The molecule has 0 aromatic heterocycles. The van der Waals surface area contributed by atoms with Gasteiger partial charge in [0.1, 0.15) is 0 Å². The maximum Gasteiger partial charge on any atom is 0.229 e. The van der Waals surface area contributed by atoms with E-state index in [1.807, 2.05) is 36.9 Å². The summed E-state index contributed by atoms with van der Waals surface area (Å²) >= 11 is 0. The summed E-state index contributed by atoms with van der Waals surface area (Å²) in [6.07, 6.45) is 1.96. The number of carbonyl (C=O) groups excluding carboxylic acids is 1. The minimum absolute atomic E-state index is 0.0208. The zero-order chi connectivity index (χ0) is 14.9. The van der Waals surface area contributed by atoms with Crippen LogP contribution in [0, 0.1) is 5.92 Å². The van der Waals surface area contributed by atoms with Crippen molar-refractivity contribution < 1.29 is 13.2 Å². The van der Waals surface area contributed by atoms with Gasteiger partial charge in [0.15, 0.2) is 0 Å². The van der Waals surface area contributed by atoms with Gasteiger partial charge in [-0.05, 0) is 23.6 Å². The Morgan fingerprint density at radius 3 is 2.70 bits per heavy atom. The zero-order valence-corrected chi connectivity index (χ0v) is 12.8. The van der Waals surface area contributed by atoms with Crippen LogP contribution in [0.15, 0.2) is 18.2 Å². The lowest BCUT2D eigenvalue weighted by molar-refractivity contribution is -0.121. The third-order valence-corrected chi connectivity index (χ3v) is 4.01. The molecular weight excluding hydrogens is 276 g/mol. The van der Waals surface area contributed by atoms with Crippen LogP contribution in [-0.2, 0) is 27.8 Å². The molecule has 0 radical (unpaired) electrons. The molecule has 0 aliphatic carbocycles. The largest absolute Gasteiger partial charge is 0.312 e. The number of anilines is 1. The molecule has 0 saturated carbocycles. The Labute approximate surface area is 120 Å². The van der Waals surface area contributed by atoms with E-state index in [4.69, 9.17) is 0 Å². The summed E-state index contributed by atoms with van der Waals surface area (Å²) in [5.41, 5.74) is 2.96. The first kappa shape index (κ1) is 15.0. The average Bonchev–Trinajstić information content (AvgIpc) is 2.77. The fourth-order valence-electron chi connectivity index (χ4n) is 2.32. The number of hydrogen-bond acceptors (Lipinski definition) is 3. The van der Waals surface area contributed by atoms with Crippen molar-refractivity contribution in [2.75, 3.05) is 17.7 Å². The van der Waals surface area contributed by atoms with E-state index in [0.29, 0.717) is 6.54 Å². The van der Waals surface area contributed by atoms with Gasteiger partial charge in [-0.1, -0.05) is 26.0 Å². The van der Waals surface area contributed by atoms with Crippen molar-refractivity contribution in [1.82, 2.24) is 4.72 Å². The number of fused-ring (bicyclic) bond motifs is 1. The first-order valence-corrected chi connectivity index (χ1v) is 8.55. The molecule has 1 amide bonds. The fraction of sp³-hybridized carbons (Fsp3) is 0.500. The molecule has 1 heterocycles. The molecule has 5 nitrogen and oxygen atoms in total. The van der Waals surface area contributed by atoms with Gasteiger partial charge in [-0.15, -0.1) is 0 Å². The first-order chi connectivity index (χ1) is 9.28. The maximum atomic E-state index is 12.1. The van der Waals surface area contributed by atoms with E-state index >= 15 is 0 Å². The van der Waals surface area contributed by atoms with E-state index in [2.05, 4.69) is 4.72 Å². The molecule has 0 fully saturated rings. The standard InChI is InChI=1S/C14H20N2O3S/c1-10(2)14(17)16-7-6-12-8-11(4-5-13(12)16)9-15-20(3,18)19/h4-5,8,10,15H,6-7,9H2,1-3H3. The lowest BCUT2D eigenvalue weighted by atomic mass is 10.1. The Morgan fingerprint density at radius 2 is 2.10 bits per heavy atom. The molecule has 0 spiro atoms. The summed E-state index contributed by atoms with van der Waals surface area (Å²) in [4.78, 5) is 13.9. The van der Waals surface area contributed by atoms with Crippen molar-refractivity contribution >= 4 is 21.6 Å². The second-order valence-corrected chi connectivity index (χ2v) is 7.28. The van der Waals surface area contributed by atoms with Crippen LogP contribution in [-0.4, -0.2) is 27.1 Å². The number of hydrogen-bond donors (Lipinski definition) is 1. The summed E-state index contributed by atoms with van der Waals surface area (Å²) in [7, 11) is -3.19. The van der Waals surface area contributed by atoms with Crippen molar-refractivity contribution in [2.45, 2.75) is 26.8 Å². The van der Waals surface area contributed by atoms with Gasteiger partial charge < -0.3 is 4.90 Å². The highest BCUT2D eigenvalue weighted by molar-refractivity contribution is 7.88. The summed E-state index contributed by atoms with van der Waals surface area (Å²) in [5, 5.41) is 0. The molecule has 2 rings (SSSR count). The minimum atomic E-state index is -3.19. The molecule has 1 aromatic carbocycles. The van der Waals surface area contributed by atoms with Gasteiger partial charge in [-0.3, -0.25) is 4.79 Å². The molecule has 20 heavy (non-hydrogen) atoms. The third kappa shape index (κ3) is 3.37. The van der Waals surface area contributed by atoms with Crippen molar-refractivity contribution in [1.29, 1.82) is 0 Å². The van der Waals surface area contributed by atoms with Gasteiger partial charge >= 0.3 is 0 Å². The van der Waals surface area contributed by atoms with E-state index in [0.717, 1.165) is 29.5 Å². The van der Waals surface area contributed by atoms with Crippen LogP contribution in [0.25, 0.3) is 0 Å². The number of nitrogens with zero attached hydrogens (tertiary/aromatic N) is 1. The summed E-state index contributed by atoms with van der Waals surface area (Å²) in [5.74, 6) is 0.110. The lowest BCUT2D eigenvalue weighted by Gasteiger charge is -2.19. The number of rotatable bonds is 4. The predicted molar refractivity (Wildman–Crippen MR) is 79.0 cm³/mol. The molecule has 0 unspecified atom stereocenters. The Bertz CT molecular complexity index is 623. The molecule has 1 N–H and O–H groups in total. The molecule has 110 valence electrons. The van der Waals surface area contributed by atoms with Crippen molar-refractivity contribution in [3.63, 3.8) is 0 Å². The van der Waals surface area contributed by atoms with Crippen LogP contribution in [0.2, 0.25) is 0 Å². The SMILES string of the molecule is CC(C)C(=O)N1CCc2cc(CNS(C)(=O)=O)ccc21. The highest BCUT2D eigenvalue weighted by atomic mass is 32.2. The summed E-state index contributed by atoms with van der Waals surface area (Å²) < 4.78 is 24.7. The van der Waals surface area contributed by atoms with Gasteiger partial charge in [0.2, 0.25) is 15.9 Å². The molecule has 6 heteroatoms. The highest BCUT2D eigenvalue weighted by Gasteiger charge is 2.26. The predicted octanol–water partition coefficient (Wildman–Crippen LogP) is 1.28. The van der Waals surface area contributed by atoms with Crippen molar-refractivity contribution in [2.24, 2.45) is 5.92 Å². The zero-order valence-electron chi connectivity index (χ0n) is 12.0. The van der Waals surface area contributed by atoms with E-state index in [1.54, 1.807) is 0 Å². The minimum Gasteiger partial charge on any atom is -0.312 e. The monoisotopic (exact) mass is 296 g/mol. The number of benzene rings is 1. The Balaban J connectivity index is 2.16. The summed E-state index contributed by atoms with van der Waals surface area (Å²) in [6.45, 7) is 4.77. The van der Waals surface area contributed by atoms with Crippen molar-refractivity contribution in [3.05, 3.63) is 29.3 Å². The fourth-order valence-corrected chi connectivity index (χ4v) is 2.75.